The van der Waals surface area contributed by atoms with Crippen LogP contribution in [-0.4, -0.2) is 57.3 Å². The van der Waals surface area contributed by atoms with Crippen molar-refractivity contribution in [3.05, 3.63) is 52.5 Å². The highest BCUT2D eigenvalue weighted by atomic mass is 79.9. The third-order valence-corrected chi connectivity index (χ3v) is 7.20. The molecular weight excluding hydrogens is 538 g/mol. The summed E-state index contributed by atoms with van der Waals surface area (Å²) in [7, 11) is -3.83. The van der Waals surface area contributed by atoms with Gasteiger partial charge in [-0.05, 0) is 43.2 Å². The van der Waals surface area contributed by atoms with Gasteiger partial charge in [0, 0.05) is 23.6 Å². The summed E-state index contributed by atoms with van der Waals surface area (Å²) < 4.78 is 37.8. The number of fused-ring (bicyclic) bond motifs is 1. The standard InChI is InChI=1S/C24H30BrN3O6S/c1-4-5-11-26-24(30)17(2)27(14-18-7-6-8-19(25)12-18)23(29)15-28(35(3,31)32)20-9-10-21-22(13-20)34-16-33-21/h6-10,12-13,17H,4-5,11,14-16H2,1-3H3,(H,26,30). The lowest BCUT2D eigenvalue weighted by atomic mass is 10.1. The molecule has 190 valence electrons. The Morgan fingerprint density at radius 3 is 2.57 bits per heavy atom. The predicted molar refractivity (Wildman–Crippen MR) is 137 cm³/mol. The van der Waals surface area contributed by atoms with Crippen molar-refractivity contribution in [3.8, 4) is 11.5 Å². The molecule has 1 unspecified atom stereocenters. The zero-order valence-electron chi connectivity index (χ0n) is 20.0. The molecule has 0 radical (unpaired) electrons. The molecular formula is C24H30BrN3O6S. The summed E-state index contributed by atoms with van der Waals surface area (Å²) in [6, 6.07) is 11.3. The van der Waals surface area contributed by atoms with E-state index < -0.39 is 28.5 Å². The van der Waals surface area contributed by atoms with E-state index in [1.807, 2.05) is 31.2 Å². The van der Waals surface area contributed by atoms with Gasteiger partial charge in [0.05, 0.1) is 11.9 Å². The number of hydrogen-bond acceptors (Lipinski definition) is 6. The Labute approximate surface area is 214 Å². The number of halogens is 1. The van der Waals surface area contributed by atoms with Crippen LogP contribution in [0.2, 0.25) is 0 Å². The van der Waals surface area contributed by atoms with Crippen molar-refractivity contribution in [2.45, 2.75) is 39.3 Å². The second kappa shape index (κ2) is 11.8. The Hall–Kier alpha value is -2.79. The second-order valence-corrected chi connectivity index (χ2v) is 11.1. The van der Waals surface area contributed by atoms with Crippen LogP contribution in [0.4, 0.5) is 5.69 Å². The van der Waals surface area contributed by atoms with Gasteiger partial charge in [0.15, 0.2) is 11.5 Å². The average molecular weight is 568 g/mol. The summed E-state index contributed by atoms with van der Waals surface area (Å²) >= 11 is 3.43. The maximum absolute atomic E-state index is 13.5. The first-order chi connectivity index (χ1) is 16.6. The van der Waals surface area contributed by atoms with E-state index in [2.05, 4.69) is 21.2 Å². The maximum atomic E-state index is 13.5. The number of hydrogen-bond donors (Lipinski definition) is 1. The molecule has 11 heteroatoms. The highest BCUT2D eigenvalue weighted by Gasteiger charge is 2.30. The van der Waals surface area contributed by atoms with Crippen LogP contribution in [0.3, 0.4) is 0 Å². The van der Waals surface area contributed by atoms with Crippen LogP contribution < -0.4 is 19.1 Å². The molecule has 0 aliphatic carbocycles. The number of nitrogens with zero attached hydrogens (tertiary/aromatic N) is 2. The molecule has 1 atom stereocenters. The fourth-order valence-corrected chi connectivity index (χ4v) is 4.89. The van der Waals surface area contributed by atoms with E-state index in [0.717, 1.165) is 33.4 Å². The van der Waals surface area contributed by atoms with Crippen LogP contribution in [0.5, 0.6) is 11.5 Å². The molecule has 35 heavy (non-hydrogen) atoms. The number of amides is 2. The molecule has 0 saturated heterocycles. The van der Waals surface area contributed by atoms with Crippen molar-refractivity contribution >= 4 is 43.5 Å². The lowest BCUT2D eigenvalue weighted by Crippen LogP contribution is -2.51. The number of carbonyl (C=O) groups is 2. The van der Waals surface area contributed by atoms with E-state index in [9.17, 15) is 18.0 Å². The van der Waals surface area contributed by atoms with Crippen LogP contribution >= 0.6 is 15.9 Å². The van der Waals surface area contributed by atoms with E-state index in [0.29, 0.717) is 18.0 Å². The van der Waals surface area contributed by atoms with Gasteiger partial charge in [-0.3, -0.25) is 13.9 Å². The largest absolute Gasteiger partial charge is 0.454 e. The molecule has 0 spiro atoms. The summed E-state index contributed by atoms with van der Waals surface area (Å²) in [6.07, 6.45) is 2.78. The van der Waals surface area contributed by atoms with E-state index in [-0.39, 0.29) is 24.9 Å². The van der Waals surface area contributed by atoms with Gasteiger partial charge in [0.2, 0.25) is 28.6 Å². The Morgan fingerprint density at radius 1 is 1.14 bits per heavy atom. The number of carbonyl (C=O) groups excluding carboxylic acids is 2. The van der Waals surface area contributed by atoms with Crippen molar-refractivity contribution in [1.82, 2.24) is 10.2 Å². The molecule has 3 rings (SSSR count). The van der Waals surface area contributed by atoms with E-state index in [4.69, 9.17) is 9.47 Å². The number of unbranched alkanes of at least 4 members (excludes halogenated alkanes) is 1. The zero-order valence-corrected chi connectivity index (χ0v) is 22.4. The quantitative estimate of drug-likeness (QED) is 0.418. The Bertz CT molecular complexity index is 1170. The van der Waals surface area contributed by atoms with Crippen LogP contribution in [-0.2, 0) is 26.2 Å². The number of rotatable bonds is 11. The van der Waals surface area contributed by atoms with E-state index >= 15 is 0 Å². The average Bonchev–Trinajstić information content (AvgIpc) is 3.27. The van der Waals surface area contributed by atoms with Crippen LogP contribution in [0.15, 0.2) is 46.9 Å². The molecule has 0 aromatic heterocycles. The molecule has 2 amide bonds. The van der Waals surface area contributed by atoms with Crippen LogP contribution in [0, 0.1) is 0 Å². The van der Waals surface area contributed by atoms with Crippen molar-refractivity contribution in [2.24, 2.45) is 0 Å². The summed E-state index contributed by atoms with van der Waals surface area (Å²) in [5.74, 6) is 0.0995. The van der Waals surface area contributed by atoms with Gasteiger partial charge in [-0.2, -0.15) is 0 Å². The number of anilines is 1. The number of ether oxygens (including phenoxy) is 2. The fraction of sp³-hybridized carbons (Fsp3) is 0.417. The summed E-state index contributed by atoms with van der Waals surface area (Å²) in [6.45, 7) is 3.88. The Morgan fingerprint density at radius 2 is 1.89 bits per heavy atom. The monoisotopic (exact) mass is 567 g/mol. The molecule has 9 nitrogen and oxygen atoms in total. The van der Waals surface area contributed by atoms with Gasteiger partial charge >= 0.3 is 0 Å². The Balaban J connectivity index is 1.88. The molecule has 2 aromatic carbocycles. The van der Waals surface area contributed by atoms with Gasteiger partial charge in [0.1, 0.15) is 12.6 Å². The normalized spacial score (nSPS) is 13.3. The first kappa shape index (κ1) is 26.8. The topological polar surface area (TPSA) is 105 Å². The summed E-state index contributed by atoms with van der Waals surface area (Å²) in [5, 5.41) is 2.85. The number of benzene rings is 2. The van der Waals surface area contributed by atoms with Crippen molar-refractivity contribution < 1.29 is 27.5 Å². The van der Waals surface area contributed by atoms with E-state index in [1.54, 1.807) is 19.1 Å². The van der Waals surface area contributed by atoms with Crippen molar-refractivity contribution in [1.29, 1.82) is 0 Å². The van der Waals surface area contributed by atoms with Crippen molar-refractivity contribution in [3.63, 3.8) is 0 Å². The minimum atomic E-state index is -3.83. The highest BCUT2D eigenvalue weighted by Crippen LogP contribution is 2.36. The SMILES string of the molecule is CCCCNC(=O)C(C)N(Cc1cccc(Br)c1)C(=O)CN(c1ccc2c(c1)OCO2)S(C)(=O)=O. The van der Waals surface area contributed by atoms with Gasteiger partial charge in [-0.25, -0.2) is 8.42 Å². The molecule has 1 aliphatic rings. The minimum absolute atomic E-state index is 0.0433. The minimum Gasteiger partial charge on any atom is -0.454 e. The maximum Gasteiger partial charge on any atom is 0.244 e. The molecule has 1 heterocycles. The smallest absolute Gasteiger partial charge is 0.244 e. The fourth-order valence-electron chi connectivity index (χ4n) is 3.60. The molecule has 2 aromatic rings. The lowest BCUT2D eigenvalue weighted by molar-refractivity contribution is -0.139. The molecule has 1 N–H and O–H groups in total. The number of nitrogens with one attached hydrogen (secondary N) is 1. The van der Waals surface area contributed by atoms with Gasteiger partial charge in [0.25, 0.3) is 0 Å². The molecule has 0 bridgehead atoms. The van der Waals surface area contributed by atoms with Gasteiger partial charge in [-0.15, -0.1) is 0 Å². The molecule has 1 aliphatic heterocycles. The molecule has 0 saturated carbocycles. The Kier molecular flexibility index (Phi) is 9.01. The first-order valence-corrected chi connectivity index (χ1v) is 13.9. The third kappa shape index (κ3) is 7.11. The van der Waals surface area contributed by atoms with E-state index in [1.165, 1.54) is 11.0 Å². The third-order valence-electron chi connectivity index (χ3n) is 5.56. The van der Waals surface area contributed by atoms with Crippen LogP contribution in [0.1, 0.15) is 32.3 Å². The van der Waals surface area contributed by atoms with Crippen molar-refractivity contribution in [2.75, 3.05) is 30.4 Å². The highest BCUT2D eigenvalue weighted by molar-refractivity contribution is 9.10. The zero-order chi connectivity index (χ0) is 25.6. The summed E-state index contributed by atoms with van der Waals surface area (Å²) in [4.78, 5) is 27.8. The number of sulfonamides is 1. The van der Waals surface area contributed by atoms with Gasteiger partial charge in [-0.1, -0.05) is 41.4 Å². The van der Waals surface area contributed by atoms with Gasteiger partial charge < -0.3 is 19.7 Å². The summed E-state index contributed by atoms with van der Waals surface area (Å²) in [5.41, 5.74) is 1.07. The molecule has 0 fully saturated rings. The second-order valence-electron chi connectivity index (χ2n) is 8.28. The lowest BCUT2D eigenvalue weighted by Gasteiger charge is -2.31. The predicted octanol–water partition coefficient (Wildman–Crippen LogP) is 3.28. The first-order valence-electron chi connectivity index (χ1n) is 11.3. The van der Waals surface area contributed by atoms with Crippen LogP contribution in [0.25, 0.3) is 0 Å².